The van der Waals surface area contributed by atoms with E-state index in [0.717, 1.165) is 28.0 Å². The van der Waals surface area contributed by atoms with E-state index in [1.54, 1.807) is 11.8 Å². The molecule has 23 heavy (non-hydrogen) atoms. The molecule has 0 atom stereocenters. The van der Waals surface area contributed by atoms with Crippen LogP contribution in [0.15, 0.2) is 58.8 Å². The van der Waals surface area contributed by atoms with Crippen molar-refractivity contribution in [2.24, 2.45) is 5.10 Å². The number of hydrogen-bond acceptors (Lipinski definition) is 4. The van der Waals surface area contributed by atoms with Crippen LogP contribution in [0.3, 0.4) is 0 Å². The van der Waals surface area contributed by atoms with Crippen LogP contribution in [0, 0.1) is 13.8 Å². The number of aryl methyl sites for hydroxylation is 2. The molecule has 0 fully saturated rings. The van der Waals surface area contributed by atoms with E-state index in [4.69, 9.17) is 5.10 Å². The van der Waals surface area contributed by atoms with E-state index in [9.17, 15) is 0 Å². The number of hydrogen-bond donors (Lipinski definition) is 0. The molecule has 5 heteroatoms. The second-order valence-electron chi connectivity index (χ2n) is 5.64. The third kappa shape index (κ3) is 2.57. The summed E-state index contributed by atoms with van der Waals surface area (Å²) in [7, 11) is 0. The van der Waals surface area contributed by atoms with Gasteiger partial charge in [-0.25, -0.2) is 0 Å². The molecular formula is C18H16N4S. The van der Waals surface area contributed by atoms with Gasteiger partial charge in [0.2, 0.25) is 5.16 Å². The first kappa shape index (κ1) is 14.2. The SMILES string of the molecule is Cc1cccc(-c2nnc3n2N=C(c2ccccc2C)CS3)c1. The van der Waals surface area contributed by atoms with Gasteiger partial charge in [-0.1, -0.05) is 59.8 Å². The highest BCUT2D eigenvalue weighted by Crippen LogP contribution is 2.29. The Kier molecular flexibility index (Phi) is 3.50. The maximum Gasteiger partial charge on any atom is 0.212 e. The topological polar surface area (TPSA) is 43.1 Å². The van der Waals surface area contributed by atoms with Crippen LogP contribution in [-0.2, 0) is 0 Å². The maximum absolute atomic E-state index is 4.83. The van der Waals surface area contributed by atoms with Crippen molar-refractivity contribution < 1.29 is 0 Å². The molecule has 0 unspecified atom stereocenters. The van der Waals surface area contributed by atoms with Crippen LogP contribution in [0.5, 0.6) is 0 Å². The molecule has 0 amide bonds. The van der Waals surface area contributed by atoms with E-state index in [1.807, 2.05) is 16.8 Å². The van der Waals surface area contributed by atoms with Crippen LogP contribution in [0.1, 0.15) is 16.7 Å². The molecule has 3 aromatic rings. The number of benzene rings is 2. The zero-order chi connectivity index (χ0) is 15.8. The lowest BCUT2D eigenvalue weighted by Gasteiger charge is -2.15. The van der Waals surface area contributed by atoms with E-state index in [0.29, 0.717) is 0 Å². The minimum absolute atomic E-state index is 0.794. The minimum Gasteiger partial charge on any atom is -0.187 e. The number of aromatic nitrogens is 3. The molecule has 4 nitrogen and oxygen atoms in total. The fraction of sp³-hybridized carbons (Fsp3) is 0.167. The van der Waals surface area contributed by atoms with Gasteiger partial charge in [0.05, 0.1) is 5.71 Å². The normalized spacial score (nSPS) is 13.6. The van der Waals surface area contributed by atoms with Crippen molar-refractivity contribution in [1.29, 1.82) is 0 Å². The van der Waals surface area contributed by atoms with E-state index >= 15 is 0 Å². The van der Waals surface area contributed by atoms with Crippen molar-refractivity contribution >= 4 is 17.5 Å². The van der Waals surface area contributed by atoms with E-state index in [-0.39, 0.29) is 0 Å². The summed E-state index contributed by atoms with van der Waals surface area (Å²) in [6, 6.07) is 16.6. The third-order valence-electron chi connectivity index (χ3n) is 3.90. The molecule has 2 heterocycles. The highest BCUT2D eigenvalue weighted by molar-refractivity contribution is 7.99. The van der Waals surface area contributed by atoms with Gasteiger partial charge >= 0.3 is 0 Å². The highest BCUT2D eigenvalue weighted by atomic mass is 32.2. The van der Waals surface area contributed by atoms with Crippen LogP contribution in [-0.4, -0.2) is 26.3 Å². The summed E-state index contributed by atoms with van der Waals surface area (Å²) in [5, 5.41) is 14.3. The van der Waals surface area contributed by atoms with Crippen LogP contribution in [0.4, 0.5) is 0 Å². The van der Waals surface area contributed by atoms with Gasteiger partial charge in [0.1, 0.15) is 0 Å². The Labute approximate surface area is 139 Å². The summed E-state index contributed by atoms with van der Waals surface area (Å²) in [4.78, 5) is 0. The minimum atomic E-state index is 0.794. The predicted octanol–water partition coefficient (Wildman–Crippen LogP) is 3.92. The molecule has 0 bridgehead atoms. The lowest BCUT2D eigenvalue weighted by atomic mass is 10.1. The Balaban J connectivity index is 1.83. The van der Waals surface area contributed by atoms with E-state index in [2.05, 4.69) is 60.4 Å². The van der Waals surface area contributed by atoms with E-state index in [1.165, 1.54) is 16.7 Å². The first-order valence-corrected chi connectivity index (χ1v) is 8.50. The third-order valence-corrected chi connectivity index (χ3v) is 4.83. The summed E-state index contributed by atoms with van der Waals surface area (Å²) < 4.78 is 1.87. The molecule has 0 saturated heterocycles. The Morgan fingerprint density at radius 2 is 1.87 bits per heavy atom. The summed E-state index contributed by atoms with van der Waals surface area (Å²) in [6.45, 7) is 4.19. The van der Waals surface area contributed by atoms with Gasteiger partial charge in [-0.15, -0.1) is 10.2 Å². The van der Waals surface area contributed by atoms with Crippen molar-refractivity contribution in [2.75, 3.05) is 5.75 Å². The lowest BCUT2D eigenvalue weighted by molar-refractivity contribution is 0.762. The Morgan fingerprint density at radius 1 is 1.00 bits per heavy atom. The van der Waals surface area contributed by atoms with Crippen LogP contribution in [0.25, 0.3) is 11.4 Å². The van der Waals surface area contributed by atoms with Gasteiger partial charge in [0, 0.05) is 16.9 Å². The second kappa shape index (κ2) is 5.66. The fourth-order valence-corrected chi connectivity index (χ4v) is 3.55. The average Bonchev–Trinajstić information content (AvgIpc) is 2.98. The average molecular weight is 320 g/mol. The number of rotatable bonds is 2. The Hall–Kier alpha value is -2.40. The molecule has 0 N–H and O–H groups in total. The lowest BCUT2D eigenvalue weighted by Crippen LogP contribution is -2.14. The number of thioether (sulfide) groups is 1. The molecule has 1 aromatic heterocycles. The first-order chi connectivity index (χ1) is 11.2. The molecule has 0 aliphatic carbocycles. The molecular weight excluding hydrogens is 304 g/mol. The van der Waals surface area contributed by atoms with Gasteiger partial charge < -0.3 is 0 Å². The maximum atomic E-state index is 4.83. The Morgan fingerprint density at radius 3 is 2.70 bits per heavy atom. The molecule has 0 spiro atoms. The zero-order valence-electron chi connectivity index (χ0n) is 13.0. The fourth-order valence-electron chi connectivity index (χ4n) is 2.72. The molecule has 0 saturated carbocycles. The summed E-state index contributed by atoms with van der Waals surface area (Å²) >= 11 is 1.68. The number of fused-ring (bicyclic) bond motifs is 1. The van der Waals surface area contributed by atoms with Crippen molar-refractivity contribution in [2.45, 2.75) is 19.0 Å². The largest absolute Gasteiger partial charge is 0.212 e. The summed E-state index contributed by atoms with van der Waals surface area (Å²) in [5.41, 5.74) is 5.73. The van der Waals surface area contributed by atoms with Gasteiger partial charge in [-0.2, -0.15) is 9.78 Å². The first-order valence-electron chi connectivity index (χ1n) is 7.51. The molecule has 1 aliphatic rings. The van der Waals surface area contributed by atoms with Gasteiger partial charge in [0.15, 0.2) is 5.82 Å². The second-order valence-corrected chi connectivity index (χ2v) is 6.58. The molecule has 0 radical (unpaired) electrons. The van der Waals surface area contributed by atoms with Crippen LogP contribution in [0.2, 0.25) is 0 Å². The van der Waals surface area contributed by atoms with Crippen LogP contribution < -0.4 is 0 Å². The molecule has 1 aliphatic heterocycles. The standard InChI is InChI=1S/C18H16N4S/c1-12-6-5-8-14(10-12)17-19-20-18-22(17)21-16(11-23-18)15-9-4-3-7-13(15)2/h3-10H,11H2,1-2H3. The van der Waals surface area contributed by atoms with Crippen molar-refractivity contribution in [3.63, 3.8) is 0 Å². The monoisotopic (exact) mass is 320 g/mol. The summed E-state index contributed by atoms with van der Waals surface area (Å²) in [5.74, 6) is 1.61. The van der Waals surface area contributed by atoms with Crippen LogP contribution >= 0.6 is 11.8 Å². The van der Waals surface area contributed by atoms with Crippen molar-refractivity contribution in [3.05, 3.63) is 65.2 Å². The summed E-state index contributed by atoms with van der Waals surface area (Å²) in [6.07, 6.45) is 0. The highest BCUT2D eigenvalue weighted by Gasteiger charge is 2.21. The van der Waals surface area contributed by atoms with Gasteiger partial charge in [0.25, 0.3) is 0 Å². The Bertz CT molecular complexity index is 911. The molecule has 2 aromatic carbocycles. The van der Waals surface area contributed by atoms with Gasteiger partial charge in [-0.05, 0) is 25.5 Å². The molecule has 4 rings (SSSR count). The smallest absolute Gasteiger partial charge is 0.187 e. The number of nitrogens with zero attached hydrogens (tertiary/aromatic N) is 4. The van der Waals surface area contributed by atoms with Gasteiger partial charge in [-0.3, -0.25) is 0 Å². The quantitative estimate of drug-likeness (QED) is 0.719. The van der Waals surface area contributed by atoms with Crippen molar-refractivity contribution in [1.82, 2.24) is 14.9 Å². The zero-order valence-corrected chi connectivity index (χ0v) is 13.8. The van der Waals surface area contributed by atoms with E-state index < -0.39 is 0 Å². The van der Waals surface area contributed by atoms with Crippen molar-refractivity contribution in [3.8, 4) is 11.4 Å². The predicted molar refractivity (Wildman–Crippen MR) is 94.0 cm³/mol. The molecule has 114 valence electrons.